The van der Waals surface area contributed by atoms with E-state index >= 15 is 0 Å². The van der Waals surface area contributed by atoms with Gasteiger partial charge >= 0.3 is 0 Å². The first-order valence-electron chi connectivity index (χ1n) is 8.90. The van der Waals surface area contributed by atoms with Gasteiger partial charge in [0, 0.05) is 11.6 Å². The number of ether oxygens (including phenoxy) is 1. The van der Waals surface area contributed by atoms with Crippen molar-refractivity contribution in [1.29, 1.82) is 0 Å². The van der Waals surface area contributed by atoms with Gasteiger partial charge in [0.15, 0.2) is 6.61 Å². The van der Waals surface area contributed by atoms with E-state index in [0.717, 1.165) is 11.1 Å². The fourth-order valence-corrected chi connectivity index (χ4v) is 2.67. The summed E-state index contributed by atoms with van der Waals surface area (Å²) in [6.45, 7) is 6.04. The van der Waals surface area contributed by atoms with Crippen LogP contribution in [0.5, 0.6) is 5.75 Å². The van der Waals surface area contributed by atoms with Gasteiger partial charge in [-0.05, 0) is 32.4 Å². The van der Waals surface area contributed by atoms with Crippen LogP contribution in [-0.2, 0) is 11.3 Å². The number of carbonyl (C=O) groups is 1. The summed E-state index contributed by atoms with van der Waals surface area (Å²) < 4.78 is 11.0. The van der Waals surface area contributed by atoms with Crippen molar-refractivity contribution in [1.82, 2.24) is 15.0 Å². The summed E-state index contributed by atoms with van der Waals surface area (Å²) in [5.74, 6) is 1.48. The molecule has 0 bridgehead atoms. The molecule has 1 aromatic heterocycles. The van der Waals surface area contributed by atoms with Gasteiger partial charge < -0.3 is 14.2 Å². The van der Waals surface area contributed by atoms with Crippen molar-refractivity contribution in [3.05, 3.63) is 66.1 Å². The zero-order valence-electron chi connectivity index (χ0n) is 15.8. The van der Waals surface area contributed by atoms with E-state index in [1.54, 1.807) is 4.90 Å². The van der Waals surface area contributed by atoms with Crippen LogP contribution < -0.4 is 4.74 Å². The van der Waals surface area contributed by atoms with Crippen molar-refractivity contribution in [2.24, 2.45) is 0 Å². The lowest BCUT2D eigenvalue weighted by Crippen LogP contribution is -2.39. The molecule has 27 heavy (non-hydrogen) atoms. The summed E-state index contributed by atoms with van der Waals surface area (Å²) in [5.41, 5.74) is 1.86. The summed E-state index contributed by atoms with van der Waals surface area (Å²) in [7, 11) is 0. The van der Waals surface area contributed by atoms with Gasteiger partial charge in [-0.25, -0.2) is 0 Å². The Morgan fingerprint density at radius 2 is 1.81 bits per heavy atom. The third-order valence-corrected chi connectivity index (χ3v) is 4.19. The van der Waals surface area contributed by atoms with Crippen molar-refractivity contribution in [2.75, 3.05) is 6.61 Å². The van der Waals surface area contributed by atoms with E-state index in [9.17, 15) is 4.79 Å². The number of carbonyl (C=O) groups excluding carboxylic acids is 1. The van der Waals surface area contributed by atoms with Crippen LogP contribution in [0, 0.1) is 6.92 Å². The molecule has 0 radical (unpaired) electrons. The standard InChI is InChI=1S/C21H23N3O3/c1-15(2)24(20(25)14-26-18-12-8-7-9-16(18)3)13-19-22-21(23-27-19)17-10-5-4-6-11-17/h4-12,15H,13-14H2,1-3H3. The molecule has 2 aromatic carbocycles. The summed E-state index contributed by atoms with van der Waals surface area (Å²) in [6, 6.07) is 17.2. The second-order valence-electron chi connectivity index (χ2n) is 6.55. The highest BCUT2D eigenvalue weighted by Gasteiger charge is 2.21. The highest BCUT2D eigenvalue weighted by molar-refractivity contribution is 5.78. The van der Waals surface area contributed by atoms with Gasteiger partial charge in [0.05, 0.1) is 0 Å². The lowest BCUT2D eigenvalue weighted by molar-refractivity contribution is -0.136. The van der Waals surface area contributed by atoms with Crippen LogP contribution in [0.15, 0.2) is 59.1 Å². The first-order valence-corrected chi connectivity index (χ1v) is 8.90. The second kappa shape index (κ2) is 8.49. The summed E-state index contributed by atoms with van der Waals surface area (Å²) in [4.78, 5) is 18.7. The monoisotopic (exact) mass is 365 g/mol. The van der Waals surface area contributed by atoms with Crippen LogP contribution >= 0.6 is 0 Å². The Balaban J connectivity index is 1.66. The fraction of sp³-hybridized carbons (Fsp3) is 0.286. The minimum absolute atomic E-state index is 0.0231. The molecule has 0 aliphatic carbocycles. The van der Waals surface area contributed by atoms with Gasteiger partial charge in [-0.1, -0.05) is 53.7 Å². The molecule has 0 fully saturated rings. The first-order chi connectivity index (χ1) is 13.0. The van der Waals surface area contributed by atoms with Gasteiger partial charge in [0.2, 0.25) is 11.7 Å². The maximum absolute atomic E-state index is 12.7. The molecule has 140 valence electrons. The van der Waals surface area contributed by atoms with Gasteiger partial charge in [-0.15, -0.1) is 0 Å². The molecular formula is C21H23N3O3. The number of hydrogen-bond acceptors (Lipinski definition) is 5. The quantitative estimate of drug-likeness (QED) is 0.636. The number of hydrogen-bond donors (Lipinski definition) is 0. The van der Waals surface area contributed by atoms with E-state index in [4.69, 9.17) is 9.26 Å². The van der Waals surface area contributed by atoms with Crippen LogP contribution in [0.4, 0.5) is 0 Å². The lowest BCUT2D eigenvalue weighted by Gasteiger charge is -2.25. The molecule has 3 aromatic rings. The minimum Gasteiger partial charge on any atom is -0.484 e. The molecule has 1 amide bonds. The van der Waals surface area contributed by atoms with Crippen LogP contribution in [0.3, 0.4) is 0 Å². The Labute approximate surface area is 158 Å². The smallest absolute Gasteiger partial charge is 0.261 e. The van der Waals surface area contributed by atoms with Crippen LogP contribution in [0.1, 0.15) is 25.3 Å². The number of rotatable bonds is 7. The van der Waals surface area contributed by atoms with E-state index in [1.165, 1.54) is 0 Å². The predicted molar refractivity (Wildman–Crippen MR) is 102 cm³/mol. The molecule has 0 unspecified atom stereocenters. The van der Waals surface area contributed by atoms with Gasteiger partial charge in [0.1, 0.15) is 12.3 Å². The molecule has 6 heteroatoms. The number of para-hydroxylation sites is 1. The first kappa shape index (κ1) is 18.6. The topological polar surface area (TPSA) is 68.5 Å². The number of aromatic nitrogens is 2. The van der Waals surface area contributed by atoms with Gasteiger partial charge in [0.25, 0.3) is 5.91 Å². The number of amides is 1. The van der Waals surface area contributed by atoms with E-state index in [0.29, 0.717) is 17.5 Å². The molecule has 0 saturated carbocycles. The maximum Gasteiger partial charge on any atom is 0.261 e. The molecule has 0 aliphatic rings. The third kappa shape index (κ3) is 4.73. The van der Waals surface area contributed by atoms with Crippen molar-refractivity contribution >= 4 is 5.91 Å². The largest absolute Gasteiger partial charge is 0.484 e. The molecule has 6 nitrogen and oxygen atoms in total. The Bertz CT molecular complexity index is 890. The molecule has 1 heterocycles. The van der Waals surface area contributed by atoms with E-state index < -0.39 is 0 Å². The zero-order valence-corrected chi connectivity index (χ0v) is 15.8. The number of nitrogens with zero attached hydrogens (tertiary/aromatic N) is 3. The van der Waals surface area contributed by atoms with E-state index in [1.807, 2.05) is 75.4 Å². The molecule has 0 saturated heterocycles. The highest BCUT2D eigenvalue weighted by Crippen LogP contribution is 2.18. The molecule has 0 atom stereocenters. The summed E-state index contributed by atoms with van der Waals surface area (Å²) in [5, 5.41) is 4.01. The van der Waals surface area contributed by atoms with Gasteiger partial charge in [-0.2, -0.15) is 4.98 Å². The third-order valence-electron chi connectivity index (χ3n) is 4.19. The van der Waals surface area contributed by atoms with Crippen LogP contribution in [0.2, 0.25) is 0 Å². The lowest BCUT2D eigenvalue weighted by atomic mass is 10.2. The second-order valence-corrected chi connectivity index (χ2v) is 6.55. The number of benzene rings is 2. The normalized spacial score (nSPS) is 10.8. The molecule has 0 aliphatic heterocycles. The van der Waals surface area contributed by atoms with Crippen LogP contribution in [-0.4, -0.2) is 33.6 Å². The molecule has 3 rings (SSSR count). The Hall–Kier alpha value is -3.15. The minimum atomic E-state index is -0.132. The average molecular weight is 365 g/mol. The Morgan fingerprint density at radius 3 is 2.52 bits per heavy atom. The molecule has 0 spiro atoms. The maximum atomic E-state index is 12.7. The Kier molecular flexibility index (Phi) is 5.86. The number of aryl methyl sites for hydroxylation is 1. The Morgan fingerprint density at radius 1 is 1.11 bits per heavy atom. The van der Waals surface area contributed by atoms with Gasteiger partial charge in [-0.3, -0.25) is 4.79 Å². The van der Waals surface area contributed by atoms with Crippen molar-refractivity contribution in [2.45, 2.75) is 33.4 Å². The predicted octanol–water partition coefficient (Wildman–Crippen LogP) is 3.86. The van der Waals surface area contributed by atoms with E-state index in [-0.39, 0.29) is 25.1 Å². The van der Waals surface area contributed by atoms with E-state index in [2.05, 4.69) is 10.1 Å². The van der Waals surface area contributed by atoms with Crippen LogP contribution in [0.25, 0.3) is 11.4 Å². The summed E-state index contributed by atoms with van der Waals surface area (Å²) in [6.07, 6.45) is 0. The fourth-order valence-electron chi connectivity index (χ4n) is 2.67. The van der Waals surface area contributed by atoms with Crippen molar-refractivity contribution < 1.29 is 14.1 Å². The molecular weight excluding hydrogens is 342 g/mol. The van der Waals surface area contributed by atoms with Crippen molar-refractivity contribution in [3.63, 3.8) is 0 Å². The average Bonchev–Trinajstić information content (AvgIpc) is 3.14. The zero-order chi connectivity index (χ0) is 19.2. The van der Waals surface area contributed by atoms with Crippen molar-refractivity contribution in [3.8, 4) is 17.1 Å². The SMILES string of the molecule is Cc1ccccc1OCC(=O)N(Cc1nc(-c2ccccc2)no1)C(C)C. The highest BCUT2D eigenvalue weighted by atomic mass is 16.5. The molecule has 0 N–H and O–H groups in total. The summed E-state index contributed by atoms with van der Waals surface area (Å²) >= 11 is 0.